The van der Waals surface area contributed by atoms with Gasteiger partial charge in [0.05, 0.1) is 6.20 Å². The quantitative estimate of drug-likeness (QED) is 0.773. The summed E-state index contributed by atoms with van der Waals surface area (Å²) >= 11 is 0. The lowest BCUT2D eigenvalue weighted by molar-refractivity contribution is 0.102. The van der Waals surface area contributed by atoms with Gasteiger partial charge >= 0.3 is 0 Å². The summed E-state index contributed by atoms with van der Waals surface area (Å²) in [5.74, 6) is 1.21. The van der Waals surface area contributed by atoms with E-state index in [0.29, 0.717) is 28.6 Å². The number of benzene rings is 1. The number of nitrogens with one attached hydrogen (secondary N) is 1. The lowest BCUT2D eigenvalue weighted by Crippen LogP contribution is -2.32. The van der Waals surface area contributed by atoms with Gasteiger partial charge in [0.25, 0.3) is 5.91 Å². The van der Waals surface area contributed by atoms with Gasteiger partial charge < -0.3 is 10.2 Å². The average Bonchev–Trinajstić information content (AvgIpc) is 3.32. The molecule has 0 saturated heterocycles. The van der Waals surface area contributed by atoms with Crippen molar-refractivity contribution in [2.75, 3.05) is 16.8 Å². The predicted octanol–water partition coefficient (Wildman–Crippen LogP) is 3.01. The first kappa shape index (κ1) is 17.0. The Labute approximate surface area is 157 Å². The van der Waals surface area contributed by atoms with Gasteiger partial charge in [0, 0.05) is 23.7 Å². The van der Waals surface area contributed by atoms with Gasteiger partial charge in [-0.05, 0) is 31.9 Å². The van der Waals surface area contributed by atoms with Crippen molar-refractivity contribution < 1.29 is 4.79 Å². The molecule has 4 rings (SSSR count). The minimum atomic E-state index is -0.213. The molecule has 3 heterocycles. The summed E-state index contributed by atoms with van der Waals surface area (Å²) in [7, 11) is 0. The molecule has 2 aromatic heterocycles. The molecule has 1 unspecified atom stereocenters. The van der Waals surface area contributed by atoms with Crippen LogP contribution in [0.4, 0.5) is 11.6 Å². The fourth-order valence-electron chi connectivity index (χ4n) is 3.48. The van der Waals surface area contributed by atoms with Crippen LogP contribution in [0.2, 0.25) is 0 Å². The van der Waals surface area contributed by atoms with E-state index in [1.807, 2.05) is 18.2 Å². The van der Waals surface area contributed by atoms with Crippen molar-refractivity contribution in [2.45, 2.75) is 32.7 Å². The molecule has 1 aromatic carbocycles. The zero-order valence-corrected chi connectivity index (χ0v) is 15.3. The third-order valence-electron chi connectivity index (χ3n) is 5.10. The van der Waals surface area contributed by atoms with Crippen LogP contribution in [0.3, 0.4) is 0 Å². The molecule has 0 bridgehead atoms. The molecule has 0 spiro atoms. The smallest absolute Gasteiger partial charge is 0.256 e. The van der Waals surface area contributed by atoms with Crippen molar-refractivity contribution in [3.8, 4) is 6.07 Å². The highest BCUT2D eigenvalue weighted by Gasteiger charge is 2.31. The number of hydrogen-bond acceptors (Lipinski definition) is 5. The summed E-state index contributed by atoms with van der Waals surface area (Å²) in [6.45, 7) is 5.14. The number of nitriles is 1. The molecule has 1 N–H and O–H groups in total. The van der Waals surface area contributed by atoms with E-state index < -0.39 is 0 Å². The van der Waals surface area contributed by atoms with E-state index in [4.69, 9.17) is 0 Å². The minimum absolute atomic E-state index is 0.213. The molecule has 0 saturated carbocycles. The molecular weight excluding hydrogens is 340 g/mol. The maximum Gasteiger partial charge on any atom is 0.256 e. The third-order valence-corrected chi connectivity index (χ3v) is 5.10. The lowest BCUT2D eigenvalue weighted by Gasteiger charge is -2.26. The van der Waals surface area contributed by atoms with Gasteiger partial charge in [0.15, 0.2) is 5.65 Å². The van der Waals surface area contributed by atoms with E-state index in [2.05, 4.69) is 40.2 Å². The van der Waals surface area contributed by atoms with Crippen molar-refractivity contribution >= 4 is 23.2 Å². The Bertz CT molecular complexity index is 1050. The molecular formula is C20H20N6O. The zero-order valence-electron chi connectivity index (χ0n) is 15.3. The fraction of sp³-hybridized carbons (Fsp3) is 0.300. The molecule has 136 valence electrons. The van der Waals surface area contributed by atoms with E-state index >= 15 is 0 Å². The summed E-state index contributed by atoms with van der Waals surface area (Å²) < 4.78 is 1.73. The molecule has 7 heteroatoms. The van der Waals surface area contributed by atoms with Crippen molar-refractivity contribution in [1.82, 2.24) is 14.6 Å². The van der Waals surface area contributed by atoms with Gasteiger partial charge in [-0.15, -0.1) is 0 Å². The summed E-state index contributed by atoms with van der Waals surface area (Å²) in [4.78, 5) is 19.5. The second-order valence-electron chi connectivity index (χ2n) is 6.69. The molecule has 1 aliphatic rings. The van der Waals surface area contributed by atoms with Crippen LogP contribution in [0.25, 0.3) is 5.65 Å². The van der Waals surface area contributed by atoms with E-state index in [1.165, 1.54) is 6.20 Å². The standard InChI is InChI=1S/C20H20N6O/c1-3-13(2)25-10-9-16-17(24-19(27)14-7-5-4-6-8-14)23-18-15(11-21)12-22-26(18)20(16)25/h4-8,12-13H,3,9-10H2,1-2H3,(H,23,24,27). The number of fused-ring (bicyclic) bond motifs is 3. The summed E-state index contributed by atoms with van der Waals surface area (Å²) in [5.41, 5.74) is 2.39. The monoisotopic (exact) mass is 360 g/mol. The maximum absolute atomic E-state index is 12.7. The van der Waals surface area contributed by atoms with Crippen LogP contribution in [0.15, 0.2) is 36.5 Å². The highest BCUT2D eigenvalue weighted by atomic mass is 16.1. The largest absolute Gasteiger partial charge is 0.353 e. The Kier molecular flexibility index (Phi) is 4.24. The molecule has 27 heavy (non-hydrogen) atoms. The number of aromatic nitrogens is 3. The van der Waals surface area contributed by atoms with Crippen LogP contribution in [-0.2, 0) is 6.42 Å². The number of hydrogen-bond donors (Lipinski definition) is 1. The Hall–Kier alpha value is -3.40. The lowest BCUT2D eigenvalue weighted by atomic mass is 10.2. The Balaban J connectivity index is 1.84. The summed E-state index contributed by atoms with van der Waals surface area (Å²) in [6.07, 6.45) is 3.29. The van der Waals surface area contributed by atoms with Crippen LogP contribution >= 0.6 is 0 Å². The number of nitrogens with zero attached hydrogens (tertiary/aromatic N) is 5. The number of carbonyl (C=O) groups is 1. The first-order valence-electron chi connectivity index (χ1n) is 9.07. The number of anilines is 2. The Morgan fingerprint density at radius 3 is 2.85 bits per heavy atom. The first-order valence-corrected chi connectivity index (χ1v) is 9.07. The van der Waals surface area contributed by atoms with Crippen molar-refractivity contribution in [3.05, 3.63) is 53.2 Å². The van der Waals surface area contributed by atoms with E-state index in [9.17, 15) is 10.1 Å². The van der Waals surface area contributed by atoms with Gasteiger partial charge in [0.1, 0.15) is 23.3 Å². The Morgan fingerprint density at radius 1 is 1.37 bits per heavy atom. The first-order chi connectivity index (χ1) is 13.1. The van der Waals surface area contributed by atoms with Crippen LogP contribution in [-0.4, -0.2) is 33.1 Å². The number of carbonyl (C=O) groups excluding carboxylic acids is 1. The number of rotatable bonds is 4. The van der Waals surface area contributed by atoms with Crippen LogP contribution in [0, 0.1) is 11.3 Å². The van der Waals surface area contributed by atoms with Gasteiger partial charge in [-0.2, -0.15) is 14.9 Å². The summed E-state index contributed by atoms with van der Waals surface area (Å²) in [6, 6.07) is 11.5. The van der Waals surface area contributed by atoms with Gasteiger partial charge in [-0.1, -0.05) is 25.1 Å². The van der Waals surface area contributed by atoms with Crippen molar-refractivity contribution in [1.29, 1.82) is 5.26 Å². The topological polar surface area (TPSA) is 86.3 Å². The maximum atomic E-state index is 12.7. The highest BCUT2D eigenvalue weighted by Crippen LogP contribution is 2.35. The summed E-state index contributed by atoms with van der Waals surface area (Å²) in [5, 5.41) is 16.7. The fourth-order valence-corrected chi connectivity index (χ4v) is 3.48. The second kappa shape index (κ2) is 6.72. The van der Waals surface area contributed by atoms with Gasteiger partial charge in [-0.3, -0.25) is 4.79 Å². The molecule has 1 aliphatic heterocycles. The van der Waals surface area contributed by atoms with Gasteiger partial charge in [-0.25, -0.2) is 4.98 Å². The molecule has 1 atom stereocenters. The SMILES string of the molecule is CCC(C)N1CCc2c(NC(=O)c3ccccc3)nc3c(C#N)cnn3c21. The average molecular weight is 360 g/mol. The second-order valence-corrected chi connectivity index (χ2v) is 6.69. The molecule has 0 fully saturated rings. The van der Waals surface area contributed by atoms with Crippen LogP contribution in [0.5, 0.6) is 0 Å². The third kappa shape index (κ3) is 2.79. The molecule has 0 radical (unpaired) electrons. The molecule has 3 aromatic rings. The van der Waals surface area contributed by atoms with E-state index in [0.717, 1.165) is 30.8 Å². The van der Waals surface area contributed by atoms with Crippen molar-refractivity contribution in [3.63, 3.8) is 0 Å². The number of amides is 1. The van der Waals surface area contributed by atoms with Crippen LogP contribution in [0.1, 0.15) is 41.8 Å². The van der Waals surface area contributed by atoms with Crippen molar-refractivity contribution in [2.24, 2.45) is 0 Å². The van der Waals surface area contributed by atoms with Crippen LogP contribution < -0.4 is 10.2 Å². The Morgan fingerprint density at radius 2 is 2.15 bits per heavy atom. The molecule has 0 aliphatic carbocycles. The highest BCUT2D eigenvalue weighted by molar-refractivity contribution is 6.04. The normalized spacial score (nSPS) is 14.0. The minimum Gasteiger partial charge on any atom is -0.353 e. The van der Waals surface area contributed by atoms with E-state index in [-0.39, 0.29) is 5.91 Å². The predicted molar refractivity (Wildman–Crippen MR) is 103 cm³/mol. The molecule has 7 nitrogen and oxygen atoms in total. The van der Waals surface area contributed by atoms with Gasteiger partial charge in [0.2, 0.25) is 0 Å². The van der Waals surface area contributed by atoms with E-state index in [1.54, 1.807) is 16.6 Å². The zero-order chi connectivity index (χ0) is 19.0. The molecule has 1 amide bonds.